The number of hydrogen-bond donors (Lipinski definition) is 1. The molecule has 0 spiro atoms. The maximum atomic E-state index is 10.6. The van der Waals surface area contributed by atoms with Crippen molar-refractivity contribution in [2.75, 3.05) is 0 Å². The first kappa shape index (κ1) is 23.7. The molecule has 0 bridgehead atoms. The van der Waals surface area contributed by atoms with Crippen LogP contribution in [0.3, 0.4) is 0 Å². The average Bonchev–Trinajstić information content (AvgIpc) is 2.65. The van der Waals surface area contributed by atoms with E-state index in [1.165, 1.54) is 34.8 Å². The predicted octanol–water partition coefficient (Wildman–Crippen LogP) is 6.99. The first-order valence-corrected chi connectivity index (χ1v) is 9.61. The number of rotatable bonds is 4. The second-order valence-corrected chi connectivity index (χ2v) is 5.68. The quantitative estimate of drug-likeness (QED) is 0.467. The van der Waals surface area contributed by atoms with E-state index >= 15 is 0 Å². The Morgan fingerprint density at radius 3 is 2.31 bits per heavy atom. The summed E-state index contributed by atoms with van der Waals surface area (Å²) in [6.45, 7) is 11.9. The summed E-state index contributed by atoms with van der Waals surface area (Å²) in [4.78, 5) is 10.6. The number of hydrogen-bond acceptors (Lipinski definition) is 1. The molecule has 1 aliphatic carbocycles. The van der Waals surface area contributed by atoms with E-state index in [-0.39, 0.29) is 0 Å². The van der Waals surface area contributed by atoms with Crippen molar-refractivity contribution in [1.29, 1.82) is 0 Å². The lowest BCUT2D eigenvalue weighted by molar-refractivity contribution is -0.131. The molecule has 142 valence electrons. The third-order valence-corrected chi connectivity index (χ3v) is 3.73. The van der Waals surface area contributed by atoms with Gasteiger partial charge in [0, 0.05) is 6.08 Å². The monoisotopic (exact) mass is 354 g/mol. The molecule has 2 heteroatoms. The number of carbonyl (C=O) groups is 1. The number of aliphatic carboxylic acids is 1. The van der Waals surface area contributed by atoms with Crippen LogP contribution in [0.2, 0.25) is 0 Å². The molecule has 0 fully saturated rings. The fourth-order valence-electron chi connectivity index (χ4n) is 2.72. The largest absolute Gasteiger partial charge is 0.478 e. The Morgan fingerprint density at radius 2 is 1.65 bits per heavy atom. The van der Waals surface area contributed by atoms with Crippen LogP contribution >= 0.6 is 0 Å². The van der Waals surface area contributed by atoms with Gasteiger partial charge in [-0.25, -0.2) is 4.79 Å². The van der Waals surface area contributed by atoms with Crippen LogP contribution < -0.4 is 0 Å². The molecule has 0 saturated carbocycles. The molecule has 0 aliphatic heterocycles. The van der Waals surface area contributed by atoms with Crippen LogP contribution in [0.5, 0.6) is 0 Å². The molecule has 2 nitrogen and oxygen atoms in total. The molecule has 0 saturated heterocycles. The summed E-state index contributed by atoms with van der Waals surface area (Å²) in [5.74, 6) is -0.913. The van der Waals surface area contributed by atoms with Gasteiger partial charge in [0.1, 0.15) is 0 Å². The molecule has 2 rings (SSSR count). The second kappa shape index (κ2) is 13.9. The smallest absolute Gasteiger partial charge is 0.328 e. The van der Waals surface area contributed by atoms with Crippen LogP contribution in [0.1, 0.15) is 65.5 Å². The molecule has 1 aromatic carbocycles. The fraction of sp³-hybridized carbons (Fsp3) is 0.375. The zero-order valence-electron chi connectivity index (χ0n) is 17.2. The Hall–Kier alpha value is -2.35. The molecule has 0 amide bonds. The Kier molecular flexibility index (Phi) is 12.6. The first-order valence-electron chi connectivity index (χ1n) is 9.61. The molecule has 0 heterocycles. The summed E-state index contributed by atoms with van der Waals surface area (Å²) in [6, 6.07) is 8.60. The Morgan fingerprint density at radius 1 is 1.00 bits per heavy atom. The van der Waals surface area contributed by atoms with Gasteiger partial charge in [-0.3, -0.25) is 0 Å². The molecule has 1 aliphatic rings. The van der Waals surface area contributed by atoms with Gasteiger partial charge >= 0.3 is 5.97 Å². The molecule has 1 aromatic rings. The van der Waals surface area contributed by atoms with Crippen molar-refractivity contribution in [2.45, 2.75) is 60.8 Å². The number of benzene rings is 1. The number of fused-ring (bicyclic) bond motifs is 1. The summed E-state index contributed by atoms with van der Waals surface area (Å²) in [5.41, 5.74) is 6.09. The number of allylic oxidation sites excluding steroid dienone is 7. The van der Waals surface area contributed by atoms with E-state index in [0.29, 0.717) is 0 Å². The van der Waals surface area contributed by atoms with Gasteiger partial charge in [-0.2, -0.15) is 0 Å². The number of aryl methyl sites for hydroxylation is 1. The minimum absolute atomic E-state index is 0.729. The molecule has 0 aromatic heterocycles. The van der Waals surface area contributed by atoms with Gasteiger partial charge in [0.2, 0.25) is 0 Å². The van der Waals surface area contributed by atoms with E-state index in [2.05, 4.69) is 37.3 Å². The molecule has 0 radical (unpaired) electrons. The fourth-order valence-corrected chi connectivity index (χ4v) is 2.72. The van der Waals surface area contributed by atoms with Crippen molar-refractivity contribution in [3.63, 3.8) is 0 Å². The molecule has 26 heavy (non-hydrogen) atoms. The van der Waals surface area contributed by atoms with Crippen LogP contribution in [0.15, 0.2) is 65.8 Å². The van der Waals surface area contributed by atoms with E-state index in [9.17, 15) is 4.79 Å². The summed E-state index contributed by atoms with van der Waals surface area (Å²) < 4.78 is 0. The second-order valence-electron chi connectivity index (χ2n) is 5.68. The number of carboxylic acid groups (broad SMARTS) is 1. The van der Waals surface area contributed by atoms with Crippen LogP contribution in [-0.4, -0.2) is 11.1 Å². The standard InChI is InChI=1S/C20H22O2.2C2H6/c1-15(7-5-8-16(2)14-20(21)22)13-18-11-6-10-17-9-3-4-12-19(17)18;2*1-2/h3-5,7-9,12-14H,6,10-11H2,1-2H3,(H,21,22);2*1-2H3/b8-5+,15-7+,16-14+,18-13+;;. The predicted molar refractivity (Wildman–Crippen MR) is 114 cm³/mol. The lowest BCUT2D eigenvalue weighted by Gasteiger charge is -2.18. The van der Waals surface area contributed by atoms with Crippen LogP contribution in [0.4, 0.5) is 0 Å². The van der Waals surface area contributed by atoms with E-state index in [1.54, 1.807) is 6.92 Å². The number of carboxylic acids is 1. The zero-order chi connectivity index (χ0) is 19.9. The highest BCUT2D eigenvalue weighted by Crippen LogP contribution is 2.31. The topological polar surface area (TPSA) is 37.3 Å². The molecular formula is C24H34O2. The van der Waals surface area contributed by atoms with Gasteiger partial charge in [-0.15, -0.1) is 0 Å². The van der Waals surface area contributed by atoms with Gasteiger partial charge in [0.05, 0.1) is 0 Å². The van der Waals surface area contributed by atoms with Crippen molar-refractivity contribution in [3.05, 3.63) is 76.9 Å². The van der Waals surface area contributed by atoms with Gasteiger partial charge < -0.3 is 5.11 Å². The normalized spacial score (nSPS) is 15.5. The van der Waals surface area contributed by atoms with Gasteiger partial charge in [-0.1, -0.05) is 81.8 Å². The third kappa shape index (κ3) is 8.66. The lowest BCUT2D eigenvalue weighted by atomic mass is 9.86. The first-order chi connectivity index (χ1) is 12.6. The van der Waals surface area contributed by atoms with E-state index in [4.69, 9.17) is 5.11 Å². The van der Waals surface area contributed by atoms with Gasteiger partial charge in [0.15, 0.2) is 0 Å². The van der Waals surface area contributed by atoms with Crippen molar-refractivity contribution < 1.29 is 9.90 Å². The lowest BCUT2D eigenvalue weighted by Crippen LogP contribution is -2.01. The summed E-state index contributed by atoms with van der Waals surface area (Å²) >= 11 is 0. The summed E-state index contributed by atoms with van der Waals surface area (Å²) in [7, 11) is 0. The van der Waals surface area contributed by atoms with E-state index < -0.39 is 5.97 Å². The molecular weight excluding hydrogens is 320 g/mol. The maximum Gasteiger partial charge on any atom is 0.328 e. The van der Waals surface area contributed by atoms with Gasteiger partial charge in [-0.05, 0) is 55.4 Å². The molecule has 0 atom stereocenters. The van der Waals surface area contributed by atoms with Crippen LogP contribution in [0, 0.1) is 0 Å². The minimum Gasteiger partial charge on any atom is -0.478 e. The molecule has 0 unspecified atom stereocenters. The van der Waals surface area contributed by atoms with Crippen molar-refractivity contribution in [3.8, 4) is 0 Å². The van der Waals surface area contributed by atoms with Gasteiger partial charge in [0.25, 0.3) is 0 Å². The average molecular weight is 355 g/mol. The highest BCUT2D eigenvalue weighted by molar-refractivity contribution is 5.81. The van der Waals surface area contributed by atoms with Crippen molar-refractivity contribution >= 4 is 11.5 Å². The Labute approximate surface area is 159 Å². The highest BCUT2D eigenvalue weighted by atomic mass is 16.4. The minimum atomic E-state index is -0.913. The SMILES string of the molecule is CC.CC.CC(=C\C=C\C(C)=C\C(=O)O)/C=C1\CCCc2ccccc21. The van der Waals surface area contributed by atoms with Crippen molar-refractivity contribution in [2.24, 2.45) is 0 Å². The summed E-state index contributed by atoms with van der Waals surface area (Å²) in [6.07, 6.45) is 12.6. The van der Waals surface area contributed by atoms with E-state index in [0.717, 1.165) is 18.4 Å². The Balaban J connectivity index is 0.00000146. The Bertz CT molecular complexity index is 673. The van der Waals surface area contributed by atoms with Crippen LogP contribution in [0.25, 0.3) is 5.57 Å². The highest BCUT2D eigenvalue weighted by Gasteiger charge is 2.12. The zero-order valence-corrected chi connectivity index (χ0v) is 17.2. The van der Waals surface area contributed by atoms with E-state index in [1.807, 2.05) is 45.9 Å². The summed E-state index contributed by atoms with van der Waals surface area (Å²) in [5, 5.41) is 8.67. The maximum absolute atomic E-state index is 10.6. The molecule has 1 N–H and O–H groups in total. The van der Waals surface area contributed by atoms with Crippen LogP contribution in [-0.2, 0) is 11.2 Å². The van der Waals surface area contributed by atoms with Crippen molar-refractivity contribution in [1.82, 2.24) is 0 Å². The third-order valence-electron chi connectivity index (χ3n) is 3.73.